The molecule has 1 atom stereocenters. The van der Waals surface area contributed by atoms with Crippen molar-refractivity contribution in [3.63, 3.8) is 0 Å². The maximum atomic E-state index is 5.91. The average Bonchev–Trinajstić information content (AvgIpc) is 3.03. The Balaban J connectivity index is 1.62. The van der Waals surface area contributed by atoms with E-state index < -0.39 is 0 Å². The maximum absolute atomic E-state index is 5.91. The highest BCUT2D eigenvalue weighted by atomic mass is 35.5. The summed E-state index contributed by atoms with van der Waals surface area (Å²) in [5, 5.41) is 11.1. The number of hydrogen-bond acceptors (Lipinski definition) is 3. The minimum atomic E-state index is 0.296. The summed E-state index contributed by atoms with van der Waals surface area (Å²) in [6, 6.07) is 17.9. The standard InChI is InChI=1S/C17H16ClN3O/c1-12(13-7-9-15(18)10-8-13)19-11-16-20-21-17(22-16)14-5-3-2-4-6-14/h2-10,12,19H,11H2,1H3/p+1/t12-/m1/s1. The Labute approximate surface area is 134 Å². The smallest absolute Gasteiger partial charge is 0.271 e. The van der Waals surface area contributed by atoms with Crippen molar-refractivity contribution in [3.8, 4) is 11.5 Å². The van der Waals surface area contributed by atoms with E-state index in [1.807, 2.05) is 54.6 Å². The second kappa shape index (κ2) is 6.73. The number of rotatable bonds is 5. The number of quaternary nitrogens is 1. The molecular weight excluding hydrogens is 298 g/mol. The van der Waals surface area contributed by atoms with Gasteiger partial charge in [-0.15, -0.1) is 10.2 Å². The third-order valence-corrected chi connectivity index (χ3v) is 3.78. The highest BCUT2D eigenvalue weighted by molar-refractivity contribution is 6.30. The first-order valence-electron chi connectivity index (χ1n) is 7.19. The number of aromatic nitrogens is 2. The summed E-state index contributed by atoms with van der Waals surface area (Å²) in [6.45, 7) is 2.78. The molecule has 2 aromatic carbocycles. The maximum Gasteiger partial charge on any atom is 0.271 e. The number of nitrogens with zero attached hydrogens (tertiary/aromatic N) is 2. The molecule has 0 bridgehead atoms. The highest BCUT2D eigenvalue weighted by Gasteiger charge is 2.13. The van der Waals surface area contributed by atoms with E-state index >= 15 is 0 Å². The van der Waals surface area contributed by atoms with Crippen LogP contribution in [0.25, 0.3) is 11.5 Å². The zero-order valence-corrected chi connectivity index (χ0v) is 13.0. The zero-order chi connectivity index (χ0) is 15.4. The molecule has 1 aromatic heterocycles. The lowest BCUT2D eigenvalue weighted by Crippen LogP contribution is -2.83. The van der Waals surface area contributed by atoms with Gasteiger partial charge in [0.25, 0.3) is 5.89 Å². The fourth-order valence-electron chi connectivity index (χ4n) is 2.21. The Morgan fingerprint density at radius 2 is 1.77 bits per heavy atom. The minimum Gasteiger partial charge on any atom is -0.415 e. The van der Waals surface area contributed by atoms with E-state index in [9.17, 15) is 0 Å². The second-order valence-electron chi connectivity index (χ2n) is 5.15. The van der Waals surface area contributed by atoms with Crippen LogP contribution < -0.4 is 5.32 Å². The van der Waals surface area contributed by atoms with Crippen LogP contribution in [0.5, 0.6) is 0 Å². The van der Waals surface area contributed by atoms with Gasteiger partial charge in [-0.25, -0.2) is 0 Å². The van der Waals surface area contributed by atoms with Crippen molar-refractivity contribution in [3.05, 3.63) is 71.1 Å². The molecule has 4 nitrogen and oxygen atoms in total. The van der Waals surface area contributed by atoms with E-state index in [0.717, 1.165) is 10.6 Å². The lowest BCUT2D eigenvalue weighted by Gasteiger charge is -2.09. The van der Waals surface area contributed by atoms with Gasteiger partial charge < -0.3 is 9.73 Å². The topological polar surface area (TPSA) is 55.5 Å². The molecule has 0 saturated heterocycles. The van der Waals surface area contributed by atoms with Gasteiger partial charge in [-0.2, -0.15) is 0 Å². The quantitative estimate of drug-likeness (QED) is 0.786. The molecule has 22 heavy (non-hydrogen) atoms. The van der Waals surface area contributed by atoms with Gasteiger partial charge in [0.05, 0.1) is 0 Å². The predicted molar refractivity (Wildman–Crippen MR) is 85.2 cm³/mol. The first kappa shape index (κ1) is 14.8. The van der Waals surface area contributed by atoms with Crippen molar-refractivity contribution in [2.45, 2.75) is 19.5 Å². The van der Waals surface area contributed by atoms with Crippen LogP contribution >= 0.6 is 11.6 Å². The number of benzene rings is 2. The number of hydrogen-bond donors (Lipinski definition) is 1. The third-order valence-electron chi connectivity index (χ3n) is 3.53. The molecule has 0 radical (unpaired) electrons. The molecule has 0 aliphatic carbocycles. The minimum absolute atomic E-state index is 0.296. The SMILES string of the molecule is C[C@@H]([NH2+]Cc1nnc(-c2ccccc2)o1)c1ccc(Cl)cc1. The first-order chi connectivity index (χ1) is 10.7. The van der Waals surface area contributed by atoms with E-state index in [1.54, 1.807) is 0 Å². The first-order valence-corrected chi connectivity index (χ1v) is 7.57. The molecule has 0 unspecified atom stereocenters. The van der Waals surface area contributed by atoms with Crippen LogP contribution in [0.3, 0.4) is 0 Å². The van der Waals surface area contributed by atoms with Gasteiger partial charge in [-0.05, 0) is 31.2 Å². The highest BCUT2D eigenvalue weighted by Crippen LogP contribution is 2.17. The Bertz CT molecular complexity index is 725. The van der Waals surface area contributed by atoms with E-state index in [2.05, 4.69) is 22.4 Å². The zero-order valence-electron chi connectivity index (χ0n) is 12.2. The van der Waals surface area contributed by atoms with E-state index in [-0.39, 0.29) is 0 Å². The van der Waals surface area contributed by atoms with Crippen molar-refractivity contribution in [1.82, 2.24) is 10.2 Å². The van der Waals surface area contributed by atoms with E-state index in [1.165, 1.54) is 5.56 Å². The van der Waals surface area contributed by atoms with E-state index in [4.69, 9.17) is 16.0 Å². The molecule has 0 saturated carbocycles. The predicted octanol–water partition coefficient (Wildman–Crippen LogP) is 3.21. The Morgan fingerprint density at radius 1 is 1.05 bits per heavy atom. The molecule has 1 heterocycles. The van der Waals surface area contributed by atoms with Crippen LogP contribution in [0.2, 0.25) is 5.02 Å². The van der Waals surface area contributed by atoms with Crippen LogP contribution in [0, 0.1) is 0 Å². The molecule has 0 spiro atoms. The Morgan fingerprint density at radius 3 is 2.50 bits per heavy atom. The molecule has 3 aromatic rings. The summed E-state index contributed by atoms with van der Waals surface area (Å²) in [5.41, 5.74) is 2.15. The van der Waals surface area contributed by atoms with Crippen molar-refractivity contribution in [1.29, 1.82) is 0 Å². The molecule has 5 heteroatoms. The largest absolute Gasteiger partial charge is 0.415 e. The summed E-state index contributed by atoms with van der Waals surface area (Å²) in [5.74, 6) is 1.18. The third kappa shape index (κ3) is 3.53. The van der Waals surface area contributed by atoms with Gasteiger partial charge in [0.15, 0.2) is 6.54 Å². The number of halogens is 1. The van der Waals surface area contributed by atoms with Crippen molar-refractivity contribution in [2.75, 3.05) is 0 Å². The van der Waals surface area contributed by atoms with Gasteiger partial charge >= 0.3 is 0 Å². The lowest BCUT2D eigenvalue weighted by molar-refractivity contribution is -0.709. The van der Waals surface area contributed by atoms with Gasteiger partial charge in [0.2, 0.25) is 5.89 Å². The molecule has 2 N–H and O–H groups in total. The molecule has 3 rings (SSSR count). The second-order valence-corrected chi connectivity index (χ2v) is 5.58. The molecule has 0 aliphatic rings. The van der Waals surface area contributed by atoms with Crippen molar-refractivity contribution < 1.29 is 9.73 Å². The van der Waals surface area contributed by atoms with Gasteiger partial charge in [-0.1, -0.05) is 41.9 Å². The Kier molecular flexibility index (Phi) is 4.51. The fraction of sp³-hybridized carbons (Fsp3) is 0.176. The fourth-order valence-corrected chi connectivity index (χ4v) is 2.34. The molecule has 112 valence electrons. The molecule has 0 aliphatic heterocycles. The van der Waals surface area contributed by atoms with Crippen LogP contribution in [-0.4, -0.2) is 10.2 Å². The summed E-state index contributed by atoms with van der Waals surface area (Å²) in [7, 11) is 0. The lowest BCUT2D eigenvalue weighted by atomic mass is 10.1. The average molecular weight is 315 g/mol. The van der Waals surface area contributed by atoms with Crippen LogP contribution in [0.15, 0.2) is 59.0 Å². The van der Waals surface area contributed by atoms with Crippen LogP contribution in [0.1, 0.15) is 24.4 Å². The summed E-state index contributed by atoms with van der Waals surface area (Å²) < 4.78 is 5.70. The molecule has 0 fully saturated rings. The molecule has 0 amide bonds. The summed E-state index contributed by atoms with van der Waals surface area (Å²) in [6.07, 6.45) is 0. The van der Waals surface area contributed by atoms with Crippen molar-refractivity contribution >= 4 is 11.6 Å². The normalized spacial score (nSPS) is 12.3. The summed E-state index contributed by atoms with van der Waals surface area (Å²) in [4.78, 5) is 0. The van der Waals surface area contributed by atoms with Crippen LogP contribution in [-0.2, 0) is 6.54 Å². The van der Waals surface area contributed by atoms with Crippen molar-refractivity contribution in [2.24, 2.45) is 0 Å². The summed E-state index contributed by atoms with van der Waals surface area (Å²) >= 11 is 5.91. The van der Waals surface area contributed by atoms with Crippen LogP contribution in [0.4, 0.5) is 0 Å². The Hall–Kier alpha value is -2.17. The number of nitrogens with two attached hydrogens (primary N) is 1. The molecular formula is C17H17ClN3O+. The van der Waals surface area contributed by atoms with Gasteiger partial charge in [0.1, 0.15) is 6.04 Å². The van der Waals surface area contributed by atoms with E-state index in [0.29, 0.717) is 24.4 Å². The monoisotopic (exact) mass is 314 g/mol. The van der Waals surface area contributed by atoms with Gasteiger partial charge in [-0.3, -0.25) is 0 Å². The van der Waals surface area contributed by atoms with Gasteiger partial charge in [0, 0.05) is 16.1 Å².